The molecule has 13 nitrogen and oxygen atoms in total. The number of aliphatic hydroxyl groups is 2. The van der Waals surface area contributed by atoms with Crippen LogP contribution in [0, 0.1) is 0 Å². The minimum Gasteiger partial charge on any atom is -0.481 e. The van der Waals surface area contributed by atoms with E-state index in [2.05, 4.69) is 23.3 Å². The zero-order valence-electron chi connectivity index (χ0n) is 15.6. The standard InChI is InChI=1S/C15H26N4O9S/c1-6(21)11(15(27)28)19-13(25)8(2-3-10(22)23)17-14(26)9(4-20)18-12(24)7(16)5-29/h6-9,11,20-21,29H,2-5,16H2,1H3,(H,17,26)(H,18,24)(H,19,25)(H,22,23)(H,27,28). The van der Waals surface area contributed by atoms with Gasteiger partial charge < -0.3 is 42.1 Å². The van der Waals surface area contributed by atoms with Gasteiger partial charge in [-0.25, -0.2) is 4.79 Å². The minimum atomic E-state index is -1.70. The van der Waals surface area contributed by atoms with Crippen molar-refractivity contribution in [2.24, 2.45) is 5.73 Å². The fourth-order valence-electron chi connectivity index (χ4n) is 2.01. The van der Waals surface area contributed by atoms with Gasteiger partial charge in [-0.1, -0.05) is 0 Å². The molecule has 0 heterocycles. The van der Waals surface area contributed by atoms with Gasteiger partial charge in [0.15, 0.2) is 6.04 Å². The summed E-state index contributed by atoms with van der Waals surface area (Å²) in [7, 11) is 0. The second-order valence-electron chi connectivity index (χ2n) is 6.09. The second kappa shape index (κ2) is 12.9. The maximum absolute atomic E-state index is 12.3. The molecule has 3 amide bonds. The number of rotatable bonds is 13. The SMILES string of the molecule is CC(O)C(NC(=O)C(CCC(=O)O)NC(=O)C(CO)NC(=O)C(N)CS)C(=O)O. The predicted molar refractivity (Wildman–Crippen MR) is 101 cm³/mol. The van der Waals surface area contributed by atoms with Crippen molar-refractivity contribution in [1.29, 1.82) is 0 Å². The molecular formula is C15H26N4O9S. The molecule has 0 aromatic heterocycles. The highest BCUT2D eigenvalue weighted by molar-refractivity contribution is 7.80. The highest BCUT2D eigenvalue weighted by atomic mass is 32.1. The molecule has 166 valence electrons. The van der Waals surface area contributed by atoms with Gasteiger partial charge in [0.05, 0.1) is 18.8 Å². The molecule has 29 heavy (non-hydrogen) atoms. The molecule has 0 saturated heterocycles. The van der Waals surface area contributed by atoms with Crippen molar-refractivity contribution in [3.63, 3.8) is 0 Å². The first-order chi connectivity index (χ1) is 13.4. The monoisotopic (exact) mass is 438 g/mol. The summed E-state index contributed by atoms with van der Waals surface area (Å²) < 4.78 is 0. The Labute approximate surface area is 171 Å². The number of thiol groups is 1. The van der Waals surface area contributed by atoms with E-state index < -0.39 is 79.4 Å². The van der Waals surface area contributed by atoms with Crippen molar-refractivity contribution in [2.75, 3.05) is 12.4 Å². The Morgan fingerprint density at radius 2 is 1.48 bits per heavy atom. The van der Waals surface area contributed by atoms with Gasteiger partial charge in [-0.2, -0.15) is 12.6 Å². The smallest absolute Gasteiger partial charge is 0.328 e. The molecule has 0 aliphatic rings. The van der Waals surface area contributed by atoms with Gasteiger partial charge in [-0.15, -0.1) is 0 Å². The number of aliphatic hydroxyl groups excluding tert-OH is 2. The second-order valence-corrected chi connectivity index (χ2v) is 6.46. The summed E-state index contributed by atoms with van der Waals surface area (Å²) in [5, 5.41) is 42.9. The molecule has 0 aliphatic heterocycles. The lowest BCUT2D eigenvalue weighted by Crippen LogP contribution is -2.59. The highest BCUT2D eigenvalue weighted by Crippen LogP contribution is 2.02. The number of hydrogen-bond donors (Lipinski definition) is 9. The van der Waals surface area contributed by atoms with Gasteiger partial charge in [0.2, 0.25) is 17.7 Å². The van der Waals surface area contributed by atoms with Crippen LogP contribution >= 0.6 is 12.6 Å². The van der Waals surface area contributed by atoms with E-state index in [4.69, 9.17) is 15.9 Å². The molecule has 0 aromatic rings. The van der Waals surface area contributed by atoms with Crippen LogP contribution in [0.3, 0.4) is 0 Å². The number of nitrogens with two attached hydrogens (primary N) is 1. The van der Waals surface area contributed by atoms with Gasteiger partial charge in [0.1, 0.15) is 12.1 Å². The predicted octanol–water partition coefficient (Wildman–Crippen LogP) is -3.98. The van der Waals surface area contributed by atoms with Gasteiger partial charge in [0, 0.05) is 12.2 Å². The van der Waals surface area contributed by atoms with E-state index >= 15 is 0 Å². The molecule has 5 unspecified atom stereocenters. The average molecular weight is 438 g/mol. The van der Waals surface area contributed by atoms with Crippen molar-refractivity contribution in [1.82, 2.24) is 16.0 Å². The van der Waals surface area contributed by atoms with E-state index in [1.165, 1.54) is 0 Å². The van der Waals surface area contributed by atoms with E-state index in [-0.39, 0.29) is 5.75 Å². The summed E-state index contributed by atoms with van der Waals surface area (Å²) in [6.45, 7) is 0.265. The maximum atomic E-state index is 12.3. The van der Waals surface area contributed by atoms with Crippen LogP contribution < -0.4 is 21.7 Å². The summed E-state index contributed by atoms with van der Waals surface area (Å²) in [5.74, 6) is -5.75. The molecule has 0 rings (SSSR count). The summed E-state index contributed by atoms with van der Waals surface area (Å²) >= 11 is 3.83. The van der Waals surface area contributed by atoms with Crippen LogP contribution in [0.4, 0.5) is 0 Å². The number of carbonyl (C=O) groups is 5. The van der Waals surface area contributed by atoms with E-state index in [9.17, 15) is 34.2 Å². The first-order valence-electron chi connectivity index (χ1n) is 8.45. The van der Waals surface area contributed by atoms with Crippen LogP contribution in [0.25, 0.3) is 0 Å². The van der Waals surface area contributed by atoms with Crippen LogP contribution in [-0.2, 0) is 24.0 Å². The van der Waals surface area contributed by atoms with Crippen LogP contribution in [0.5, 0.6) is 0 Å². The molecule has 0 radical (unpaired) electrons. The fourth-order valence-corrected chi connectivity index (χ4v) is 2.17. The third-order valence-corrected chi connectivity index (χ3v) is 4.07. The van der Waals surface area contributed by atoms with E-state index in [0.29, 0.717) is 0 Å². The Kier molecular flexibility index (Phi) is 11.8. The molecule has 5 atom stereocenters. The van der Waals surface area contributed by atoms with Gasteiger partial charge in [-0.05, 0) is 13.3 Å². The summed E-state index contributed by atoms with van der Waals surface area (Å²) in [6.07, 6.45) is -2.44. The number of aliphatic carboxylic acids is 2. The normalized spacial score (nSPS) is 15.9. The molecule has 0 spiro atoms. The van der Waals surface area contributed by atoms with E-state index in [1.807, 2.05) is 5.32 Å². The Morgan fingerprint density at radius 1 is 0.966 bits per heavy atom. The van der Waals surface area contributed by atoms with Crippen LogP contribution in [0.1, 0.15) is 19.8 Å². The quantitative estimate of drug-likeness (QED) is 0.127. The molecule has 9 N–H and O–H groups in total. The highest BCUT2D eigenvalue weighted by Gasteiger charge is 2.31. The van der Waals surface area contributed by atoms with Crippen molar-refractivity contribution in [3.05, 3.63) is 0 Å². The Bertz CT molecular complexity index is 617. The van der Waals surface area contributed by atoms with Gasteiger partial charge in [-0.3, -0.25) is 19.2 Å². The topological polar surface area (TPSA) is 228 Å². The number of hydrogen-bond acceptors (Lipinski definition) is 9. The largest absolute Gasteiger partial charge is 0.481 e. The number of nitrogens with one attached hydrogen (secondary N) is 3. The Morgan fingerprint density at radius 3 is 1.90 bits per heavy atom. The lowest BCUT2D eigenvalue weighted by molar-refractivity contribution is -0.145. The lowest BCUT2D eigenvalue weighted by Gasteiger charge is -2.24. The molecule has 0 bridgehead atoms. The molecule has 0 aliphatic carbocycles. The molecule has 0 saturated carbocycles. The zero-order chi connectivity index (χ0) is 22.7. The minimum absolute atomic E-state index is 0.0365. The molecular weight excluding hydrogens is 412 g/mol. The van der Waals surface area contributed by atoms with Crippen LogP contribution in [-0.4, -0.2) is 92.7 Å². The third kappa shape index (κ3) is 9.56. The first kappa shape index (κ1) is 26.6. The first-order valence-corrected chi connectivity index (χ1v) is 9.08. The lowest BCUT2D eigenvalue weighted by atomic mass is 10.1. The van der Waals surface area contributed by atoms with Crippen LogP contribution in [0.15, 0.2) is 0 Å². The van der Waals surface area contributed by atoms with Gasteiger partial charge in [0.25, 0.3) is 0 Å². The van der Waals surface area contributed by atoms with Crippen molar-refractivity contribution < 1.29 is 44.4 Å². The summed E-state index contributed by atoms with van der Waals surface area (Å²) in [5.41, 5.74) is 5.45. The summed E-state index contributed by atoms with van der Waals surface area (Å²) in [6, 6.07) is -5.77. The Hall–Kier alpha value is -2.42. The number of carboxylic acid groups (broad SMARTS) is 2. The van der Waals surface area contributed by atoms with Crippen molar-refractivity contribution in [3.8, 4) is 0 Å². The maximum Gasteiger partial charge on any atom is 0.328 e. The number of amides is 3. The summed E-state index contributed by atoms with van der Waals surface area (Å²) in [4.78, 5) is 58.3. The van der Waals surface area contributed by atoms with Crippen LogP contribution in [0.2, 0.25) is 0 Å². The van der Waals surface area contributed by atoms with Crippen molar-refractivity contribution >= 4 is 42.3 Å². The van der Waals surface area contributed by atoms with E-state index in [0.717, 1.165) is 6.92 Å². The zero-order valence-corrected chi connectivity index (χ0v) is 16.5. The van der Waals surface area contributed by atoms with Gasteiger partial charge >= 0.3 is 11.9 Å². The number of carbonyl (C=O) groups excluding carboxylic acids is 3. The molecule has 0 aromatic carbocycles. The third-order valence-electron chi connectivity index (χ3n) is 3.68. The van der Waals surface area contributed by atoms with Crippen molar-refractivity contribution in [2.45, 2.75) is 50.0 Å². The Balaban J connectivity index is 5.30. The average Bonchev–Trinajstić information content (AvgIpc) is 2.65. The molecule has 0 fully saturated rings. The number of carboxylic acids is 2. The fraction of sp³-hybridized carbons (Fsp3) is 0.667. The molecule has 14 heteroatoms. The van der Waals surface area contributed by atoms with E-state index in [1.54, 1.807) is 0 Å².